The van der Waals surface area contributed by atoms with Crippen LogP contribution in [0.25, 0.3) is 10.8 Å². The summed E-state index contributed by atoms with van der Waals surface area (Å²) in [5.41, 5.74) is 0.200. The molecule has 3 aromatic carbocycles. The summed E-state index contributed by atoms with van der Waals surface area (Å²) in [5.74, 6) is 0.668. The first kappa shape index (κ1) is 23.6. The van der Waals surface area contributed by atoms with Crippen molar-refractivity contribution in [2.24, 2.45) is 5.92 Å². The summed E-state index contributed by atoms with van der Waals surface area (Å²) in [6.07, 6.45) is 0.422. The Kier molecular flexibility index (Phi) is 6.77. The van der Waals surface area contributed by atoms with E-state index in [-0.39, 0.29) is 24.4 Å². The Labute approximate surface area is 200 Å². The topological polar surface area (TPSA) is 65.1 Å². The number of fused-ring (bicyclic) bond motifs is 1. The third kappa shape index (κ3) is 5.01. The number of ether oxygens (including phenoxy) is 3. The van der Waals surface area contributed by atoms with Crippen molar-refractivity contribution in [1.29, 1.82) is 0 Å². The van der Waals surface area contributed by atoms with E-state index in [4.69, 9.17) is 14.2 Å². The summed E-state index contributed by atoms with van der Waals surface area (Å²) in [5, 5.41) is 2.14. The quantitative estimate of drug-likeness (QED) is 0.434. The third-order valence-electron chi connectivity index (χ3n) is 6.49. The molecule has 4 rings (SSSR count). The fraction of sp³-hybridized carbons (Fsp3) is 0.357. The molecule has 34 heavy (non-hydrogen) atoms. The molecular weight excluding hydrogens is 430 g/mol. The van der Waals surface area contributed by atoms with E-state index in [9.17, 15) is 9.59 Å². The second kappa shape index (κ2) is 9.75. The number of amides is 1. The molecule has 2 unspecified atom stereocenters. The van der Waals surface area contributed by atoms with Crippen molar-refractivity contribution in [1.82, 2.24) is 4.90 Å². The number of carbonyl (C=O) groups excluding carboxylic acids is 2. The average Bonchev–Trinajstić information content (AvgIpc) is 3.12. The van der Waals surface area contributed by atoms with Crippen molar-refractivity contribution < 1.29 is 23.8 Å². The van der Waals surface area contributed by atoms with E-state index in [0.717, 1.165) is 27.8 Å². The van der Waals surface area contributed by atoms with Crippen LogP contribution >= 0.6 is 0 Å². The SMILES string of the molecule is COc1ccc(C(CCN(C)C(=O)C2CC(=O)OC2(C)C)Oc2cccc3ccccc23)cc1. The van der Waals surface area contributed by atoms with Gasteiger partial charge in [-0.25, -0.2) is 0 Å². The Bertz CT molecular complexity index is 1170. The number of carbonyl (C=O) groups is 2. The van der Waals surface area contributed by atoms with Gasteiger partial charge in [0.15, 0.2) is 0 Å². The molecule has 1 fully saturated rings. The lowest BCUT2D eigenvalue weighted by Crippen LogP contribution is -2.42. The van der Waals surface area contributed by atoms with Gasteiger partial charge >= 0.3 is 5.97 Å². The molecule has 2 atom stereocenters. The summed E-state index contributed by atoms with van der Waals surface area (Å²) < 4.78 is 17.2. The summed E-state index contributed by atoms with van der Waals surface area (Å²) in [6.45, 7) is 4.05. The molecule has 3 aromatic rings. The smallest absolute Gasteiger partial charge is 0.307 e. The zero-order chi connectivity index (χ0) is 24.3. The number of rotatable bonds is 8. The van der Waals surface area contributed by atoms with E-state index in [0.29, 0.717) is 13.0 Å². The van der Waals surface area contributed by atoms with Crippen molar-refractivity contribution >= 4 is 22.6 Å². The van der Waals surface area contributed by atoms with Gasteiger partial charge in [-0.1, -0.05) is 48.5 Å². The maximum Gasteiger partial charge on any atom is 0.307 e. The van der Waals surface area contributed by atoms with Gasteiger partial charge in [-0.3, -0.25) is 9.59 Å². The zero-order valence-electron chi connectivity index (χ0n) is 20.1. The monoisotopic (exact) mass is 461 g/mol. The van der Waals surface area contributed by atoms with Gasteiger partial charge in [-0.15, -0.1) is 0 Å². The largest absolute Gasteiger partial charge is 0.497 e. The van der Waals surface area contributed by atoms with Crippen molar-refractivity contribution in [2.75, 3.05) is 20.7 Å². The number of nitrogens with zero attached hydrogens (tertiary/aromatic N) is 1. The maximum atomic E-state index is 13.1. The Morgan fingerprint density at radius 1 is 1.09 bits per heavy atom. The highest BCUT2D eigenvalue weighted by molar-refractivity contribution is 5.88. The first-order valence-corrected chi connectivity index (χ1v) is 11.5. The fourth-order valence-corrected chi connectivity index (χ4v) is 4.45. The van der Waals surface area contributed by atoms with Crippen molar-refractivity contribution in [3.8, 4) is 11.5 Å². The number of methoxy groups -OCH3 is 1. The molecule has 0 aromatic heterocycles. The number of cyclic esters (lactones) is 1. The Morgan fingerprint density at radius 2 is 1.79 bits per heavy atom. The highest BCUT2D eigenvalue weighted by atomic mass is 16.6. The van der Waals surface area contributed by atoms with E-state index in [1.165, 1.54) is 0 Å². The number of esters is 1. The van der Waals surface area contributed by atoms with Gasteiger partial charge in [0.25, 0.3) is 0 Å². The molecule has 1 aliphatic heterocycles. The number of hydrogen-bond donors (Lipinski definition) is 0. The van der Waals surface area contributed by atoms with Crippen molar-refractivity contribution in [3.63, 3.8) is 0 Å². The van der Waals surface area contributed by atoms with Gasteiger partial charge in [0.1, 0.15) is 23.2 Å². The second-order valence-corrected chi connectivity index (χ2v) is 9.24. The van der Waals surface area contributed by atoms with Crippen LogP contribution in [0.2, 0.25) is 0 Å². The lowest BCUT2D eigenvalue weighted by Gasteiger charge is -2.29. The van der Waals surface area contributed by atoms with Gasteiger partial charge in [-0.05, 0) is 43.0 Å². The molecule has 6 heteroatoms. The molecule has 0 saturated carbocycles. The van der Waals surface area contributed by atoms with Gasteiger partial charge in [0.2, 0.25) is 5.91 Å². The molecular formula is C28H31NO5. The molecule has 1 saturated heterocycles. The molecule has 6 nitrogen and oxygen atoms in total. The summed E-state index contributed by atoms with van der Waals surface area (Å²) >= 11 is 0. The number of hydrogen-bond acceptors (Lipinski definition) is 5. The summed E-state index contributed by atoms with van der Waals surface area (Å²) in [6, 6.07) is 21.9. The second-order valence-electron chi connectivity index (χ2n) is 9.24. The van der Waals surface area contributed by atoms with Crippen LogP contribution in [0.4, 0.5) is 0 Å². The molecule has 178 valence electrons. The minimum atomic E-state index is -0.794. The van der Waals surface area contributed by atoms with E-state index < -0.39 is 11.5 Å². The highest BCUT2D eigenvalue weighted by Gasteiger charge is 2.47. The van der Waals surface area contributed by atoms with Crippen LogP contribution in [0.1, 0.15) is 38.4 Å². The van der Waals surface area contributed by atoms with Gasteiger partial charge in [0.05, 0.1) is 19.4 Å². The number of benzene rings is 3. The van der Waals surface area contributed by atoms with Gasteiger partial charge in [0, 0.05) is 25.4 Å². The predicted octanol–water partition coefficient (Wildman–Crippen LogP) is 5.16. The molecule has 1 aliphatic rings. The maximum absolute atomic E-state index is 13.1. The van der Waals surface area contributed by atoms with Crippen LogP contribution in [0.15, 0.2) is 66.7 Å². The van der Waals surface area contributed by atoms with E-state index in [1.807, 2.05) is 54.6 Å². The molecule has 0 radical (unpaired) electrons. The third-order valence-corrected chi connectivity index (χ3v) is 6.49. The molecule has 0 aliphatic carbocycles. The Hall–Kier alpha value is -3.54. The Morgan fingerprint density at radius 3 is 2.47 bits per heavy atom. The molecule has 1 heterocycles. The molecule has 1 amide bonds. The van der Waals surface area contributed by atoms with Crippen LogP contribution < -0.4 is 9.47 Å². The van der Waals surface area contributed by atoms with Gasteiger partial charge < -0.3 is 19.1 Å². The normalized spacial score (nSPS) is 17.8. The van der Waals surface area contributed by atoms with Crippen LogP contribution in [0, 0.1) is 5.92 Å². The first-order valence-electron chi connectivity index (χ1n) is 11.5. The fourth-order valence-electron chi connectivity index (χ4n) is 4.45. The van der Waals surface area contributed by atoms with Crippen LogP contribution in [-0.2, 0) is 14.3 Å². The predicted molar refractivity (Wildman–Crippen MR) is 131 cm³/mol. The molecule has 0 bridgehead atoms. The first-order chi connectivity index (χ1) is 16.3. The Balaban J connectivity index is 1.54. The van der Waals surface area contributed by atoms with Crippen LogP contribution in [0.5, 0.6) is 11.5 Å². The van der Waals surface area contributed by atoms with Crippen molar-refractivity contribution in [2.45, 2.75) is 38.4 Å². The molecule has 0 N–H and O–H groups in total. The van der Waals surface area contributed by atoms with Crippen molar-refractivity contribution in [3.05, 3.63) is 72.3 Å². The lowest BCUT2D eigenvalue weighted by atomic mass is 9.89. The minimum Gasteiger partial charge on any atom is -0.497 e. The van der Waals surface area contributed by atoms with E-state index in [1.54, 1.807) is 32.9 Å². The standard InChI is InChI=1S/C28H31NO5/c1-28(2)23(18-26(30)34-28)27(31)29(3)17-16-24(20-12-14-21(32-4)15-13-20)33-25-11-7-9-19-8-5-6-10-22(19)25/h5-15,23-24H,16-18H2,1-4H3. The summed E-state index contributed by atoms with van der Waals surface area (Å²) in [4.78, 5) is 26.6. The van der Waals surface area contributed by atoms with E-state index in [2.05, 4.69) is 12.1 Å². The zero-order valence-corrected chi connectivity index (χ0v) is 20.1. The summed E-state index contributed by atoms with van der Waals surface area (Å²) in [7, 11) is 3.41. The van der Waals surface area contributed by atoms with Crippen LogP contribution in [-0.4, -0.2) is 43.1 Å². The van der Waals surface area contributed by atoms with E-state index >= 15 is 0 Å². The highest BCUT2D eigenvalue weighted by Crippen LogP contribution is 2.35. The average molecular weight is 462 g/mol. The van der Waals surface area contributed by atoms with Crippen LogP contribution in [0.3, 0.4) is 0 Å². The minimum absolute atomic E-state index is 0.0884. The lowest BCUT2D eigenvalue weighted by molar-refractivity contribution is -0.148. The molecule has 0 spiro atoms. The van der Waals surface area contributed by atoms with Gasteiger partial charge in [-0.2, -0.15) is 0 Å².